The van der Waals surface area contributed by atoms with Gasteiger partial charge in [-0.05, 0) is 48.2 Å². The molecule has 0 unspecified atom stereocenters. The molecule has 1 aliphatic rings. The highest BCUT2D eigenvalue weighted by Crippen LogP contribution is 2.32. The minimum atomic E-state index is -0.354. The second kappa shape index (κ2) is 6.97. The molecule has 0 aliphatic carbocycles. The Kier molecular flexibility index (Phi) is 4.74. The van der Waals surface area contributed by atoms with Crippen molar-refractivity contribution in [3.8, 4) is 5.75 Å². The average molecular weight is 338 g/mol. The molecule has 1 heterocycles. The van der Waals surface area contributed by atoms with Crippen molar-refractivity contribution in [2.24, 2.45) is 0 Å². The molecule has 0 saturated heterocycles. The van der Waals surface area contributed by atoms with Crippen LogP contribution in [0.2, 0.25) is 0 Å². The van der Waals surface area contributed by atoms with Crippen molar-refractivity contribution in [3.63, 3.8) is 0 Å². The van der Waals surface area contributed by atoms with E-state index in [1.54, 1.807) is 4.90 Å². The van der Waals surface area contributed by atoms with Crippen molar-refractivity contribution in [2.45, 2.75) is 26.7 Å². The number of anilines is 2. The number of carbonyl (C=O) groups excluding carboxylic acids is 2. The minimum Gasteiger partial charge on any atom is -0.423 e. The second-order valence-electron chi connectivity index (χ2n) is 6.63. The highest BCUT2D eigenvalue weighted by molar-refractivity contribution is 5.96. The van der Waals surface area contributed by atoms with Gasteiger partial charge < -0.3 is 15.0 Å². The van der Waals surface area contributed by atoms with Crippen molar-refractivity contribution >= 4 is 23.3 Å². The molecule has 3 rings (SSSR count). The zero-order chi connectivity index (χ0) is 18.0. The number of ether oxygens (including phenoxy) is 1. The SMILES string of the molecule is Cc1ccc2c(c1)OC(=O)CN2CC(=O)Nc1ccc(C(C)C)cc1. The summed E-state index contributed by atoms with van der Waals surface area (Å²) in [6.45, 7) is 6.35. The van der Waals surface area contributed by atoms with Gasteiger partial charge in [0.05, 0.1) is 12.2 Å². The van der Waals surface area contributed by atoms with E-state index in [9.17, 15) is 9.59 Å². The van der Waals surface area contributed by atoms with Crippen molar-refractivity contribution in [2.75, 3.05) is 23.3 Å². The van der Waals surface area contributed by atoms with Gasteiger partial charge in [0, 0.05) is 5.69 Å². The molecule has 1 amide bonds. The molecule has 130 valence electrons. The summed E-state index contributed by atoms with van der Waals surface area (Å²) in [7, 11) is 0. The van der Waals surface area contributed by atoms with E-state index in [1.807, 2.05) is 49.4 Å². The fraction of sp³-hybridized carbons (Fsp3) is 0.300. The van der Waals surface area contributed by atoms with Gasteiger partial charge in [-0.3, -0.25) is 4.79 Å². The first-order valence-corrected chi connectivity index (χ1v) is 8.38. The number of rotatable bonds is 4. The Morgan fingerprint density at radius 1 is 1.20 bits per heavy atom. The third-order valence-corrected chi connectivity index (χ3v) is 4.20. The lowest BCUT2D eigenvalue weighted by Gasteiger charge is -2.29. The van der Waals surface area contributed by atoms with Gasteiger partial charge in [0.2, 0.25) is 5.91 Å². The zero-order valence-corrected chi connectivity index (χ0v) is 14.7. The molecule has 5 nitrogen and oxygen atoms in total. The maximum absolute atomic E-state index is 12.4. The summed E-state index contributed by atoms with van der Waals surface area (Å²) in [4.78, 5) is 25.9. The lowest BCUT2D eigenvalue weighted by Crippen LogP contribution is -2.41. The summed E-state index contributed by atoms with van der Waals surface area (Å²) in [5, 5.41) is 2.88. The number of nitrogens with zero attached hydrogens (tertiary/aromatic N) is 1. The summed E-state index contributed by atoms with van der Waals surface area (Å²) in [5.74, 6) is 0.431. The largest absolute Gasteiger partial charge is 0.423 e. The predicted octanol–water partition coefficient (Wildman–Crippen LogP) is 3.48. The molecule has 2 aromatic rings. The van der Waals surface area contributed by atoms with Crippen molar-refractivity contribution in [3.05, 3.63) is 53.6 Å². The number of fused-ring (bicyclic) bond motifs is 1. The summed E-state index contributed by atoms with van der Waals surface area (Å²) in [6.07, 6.45) is 0. The lowest BCUT2D eigenvalue weighted by molar-refractivity contribution is -0.133. The molecule has 0 fully saturated rings. The smallest absolute Gasteiger partial charge is 0.331 e. The van der Waals surface area contributed by atoms with Crippen LogP contribution in [0.25, 0.3) is 0 Å². The van der Waals surface area contributed by atoms with Crippen molar-refractivity contribution in [1.82, 2.24) is 0 Å². The first kappa shape index (κ1) is 17.0. The van der Waals surface area contributed by atoms with Gasteiger partial charge >= 0.3 is 5.97 Å². The summed E-state index contributed by atoms with van der Waals surface area (Å²) >= 11 is 0. The van der Waals surface area contributed by atoms with Crippen LogP contribution in [0, 0.1) is 6.92 Å². The molecule has 1 N–H and O–H groups in total. The third-order valence-electron chi connectivity index (χ3n) is 4.20. The number of carbonyl (C=O) groups is 2. The number of esters is 1. The van der Waals surface area contributed by atoms with E-state index in [1.165, 1.54) is 5.56 Å². The molecule has 25 heavy (non-hydrogen) atoms. The standard InChI is InChI=1S/C20H22N2O3/c1-13(2)15-5-7-16(8-6-15)21-19(23)11-22-12-20(24)25-18-10-14(3)4-9-17(18)22/h4-10,13H,11-12H2,1-3H3,(H,21,23). The van der Waals surface area contributed by atoms with E-state index >= 15 is 0 Å². The van der Waals surface area contributed by atoms with E-state index in [0.717, 1.165) is 16.9 Å². The number of nitrogens with one attached hydrogen (secondary N) is 1. The van der Waals surface area contributed by atoms with Crippen LogP contribution in [0.1, 0.15) is 30.9 Å². The Bertz CT molecular complexity index is 797. The quantitative estimate of drug-likeness (QED) is 0.685. The van der Waals surface area contributed by atoms with Crippen LogP contribution in [0.3, 0.4) is 0 Å². The van der Waals surface area contributed by atoms with Crippen LogP contribution in [0.4, 0.5) is 11.4 Å². The molecule has 1 aliphatic heterocycles. The fourth-order valence-electron chi connectivity index (χ4n) is 2.83. The molecule has 0 radical (unpaired) electrons. The van der Waals surface area contributed by atoms with E-state index in [0.29, 0.717) is 11.7 Å². The molecule has 0 bridgehead atoms. The van der Waals surface area contributed by atoms with Gasteiger partial charge in [-0.15, -0.1) is 0 Å². The topological polar surface area (TPSA) is 58.6 Å². The van der Waals surface area contributed by atoms with Crippen LogP contribution < -0.4 is 15.0 Å². The van der Waals surface area contributed by atoms with Gasteiger partial charge in [0.25, 0.3) is 0 Å². The summed E-state index contributed by atoms with van der Waals surface area (Å²) in [5.41, 5.74) is 3.73. The maximum atomic E-state index is 12.4. The molecule has 0 saturated carbocycles. The van der Waals surface area contributed by atoms with Crippen LogP contribution in [-0.2, 0) is 9.59 Å². The molecule has 0 atom stereocenters. The van der Waals surface area contributed by atoms with Gasteiger partial charge in [-0.2, -0.15) is 0 Å². The predicted molar refractivity (Wildman–Crippen MR) is 98.2 cm³/mol. The first-order valence-electron chi connectivity index (χ1n) is 8.38. The molecular weight excluding hydrogens is 316 g/mol. The van der Waals surface area contributed by atoms with Crippen LogP contribution in [0.15, 0.2) is 42.5 Å². The van der Waals surface area contributed by atoms with Gasteiger partial charge in [0.1, 0.15) is 6.54 Å². The van der Waals surface area contributed by atoms with Crippen LogP contribution >= 0.6 is 0 Å². The number of aryl methyl sites for hydroxylation is 1. The van der Waals surface area contributed by atoms with Crippen molar-refractivity contribution in [1.29, 1.82) is 0 Å². The van der Waals surface area contributed by atoms with E-state index in [-0.39, 0.29) is 25.0 Å². The normalized spacial score (nSPS) is 13.4. The van der Waals surface area contributed by atoms with E-state index in [4.69, 9.17) is 4.74 Å². The average Bonchev–Trinajstić information content (AvgIpc) is 2.54. The first-order chi connectivity index (χ1) is 11.9. The van der Waals surface area contributed by atoms with Gasteiger partial charge in [-0.1, -0.05) is 32.0 Å². The number of hydrogen-bond donors (Lipinski definition) is 1. The Morgan fingerprint density at radius 3 is 2.60 bits per heavy atom. The Labute approximate surface area is 147 Å². The molecule has 2 aromatic carbocycles. The summed E-state index contributed by atoms with van der Waals surface area (Å²) in [6, 6.07) is 13.4. The number of amides is 1. The summed E-state index contributed by atoms with van der Waals surface area (Å²) < 4.78 is 5.27. The van der Waals surface area contributed by atoms with Crippen LogP contribution in [0.5, 0.6) is 5.75 Å². The van der Waals surface area contributed by atoms with Crippen LogP contribution in [-0.4, -0.2) is 25.0 Å². The Hall–Kier alpha value is -2.82. The molecule has 0 aromatic heterocycles. The van der Waals surface area contributed by atoms with E-state index in [2.05, 4.69) is 19.2 Å². The number of hydrogen-bond acceptors (Lipinski definition) is 4. The van der Waals surface area contributed by atoms with Gasteiger partial charge in [-0.25, -0.2) is 4.79 Å². The fourth-order valence-corrected chi connectivity index (χ4v) is 2.83. The molecular formula is C20H22N2O3. The van der Waals surface area contributed by atoms with E-state index < -0.39 is 0 Å². The van der Waals surface area contributed by atoms with Gasteiger partial charge in [0.15, 0.2) is 5.75 Å². The molecule has 0 spiro atoms. The van der Waals surface area contributed by atoms with Crippen molar-refractivity contribution < 1.29 is 14.3 Å². The second-order valence-corrected chi connectivity index (χ2v) is 6.63. The monoisotopic (exact) mass is 338 g/mol. The highest BCUT2D eigenvalue weighted by Gasteiger charge is 2.25. The maximum Gasteiger partial charge on any atom is 0.331 e. The minimum absolute atomic E-state index is 0.0652. The zero-order valence-electron chi connectivity index (χ0n) is 14.7. The number of benzene rings is 2. The molecule has 5 heteroatoms. The third kappa shape index (κ3) is 3.99. The lowest BCUT2D eigenvalue weighted by atomic mass is 10.0. The Morgan fingerprint density at radius 2 is 1.92 bits per heavy atom. The Balaban J connectivity index is 1.70. The highest BCUT2D eigenvalue weighted by atomic mass is 16.5.